The van der Waals surface area contributed by atoms with Crippen molar-refractivity contribution in [2.75, 3.05) is 0 Å². The van der Waals surface area contributed by atoms with Gasteiger partial charge in [0.2, 0.25) is 0 Å². The molecule has 0 radical (unpaired) electrons. The quantitative estimate of drug-likeness (QED) is 0.834. The Balaban J connectivity index is 2.54. The van der Waals surface area contributed by atoms with Gasteiger partial charge in [-0.3, -0.25) is 9.25 Å². The smallest absolute Gasteiger partial charge is 0.360 e. The molecule has 2 rings (SSSR count). The lowest BCUT2D eigenvalue weighted by Gasteiger charge is -2.06. The van der Waals surface area contributed by atoms with Crippen molar-refractivity contribution in [1.82, 2.24) is 9.78 Å². The third kappa shape index (κ3) is 2.97. The molecule has 0 aliphatic heterocycles. The summed E-state index contributed by atoms with van der Waals surface area (Å²) >= 11 is 0. The van der Waals surface area contributed by atoms with Crippen LogP contribution in [0, 0.1) is 5.92 Å². The van der Waals surface area contributed by atoms with Gasteiger partial charge in [0.1, 0.15) is 11.0 Å². The molecule has 0 spiro atoms. The molecule has 0 aliphatic rings. The van der Waals surface area contributed by atoms with Gasteiger partial charge in [-0.05, 0) is 18.4 Å². The van der Waals surface area contributed by atoms with Crippen molar-refractivity contribution >= 4 is 12.9 Å². The maximum Gasteiger partial charge on any atom is 0.360 e. The lowest BCUT2D eigenvalue weighted by Crippen LogP contribution is -2.05. The normalized spacial score (nSPS) is 12.3. The maximum atomic E-state index is 11.4. The summed E-state index contributed by atoms with van der Waals surface area (Å²) in [7, 11) is -2.59. The Labute approximate surface area is 111 Å². The number of nitrogens with zero attached hydrogens (tertiary/aromatic N) is 2. The predicted molar refractivity (Wildman–Crippen MR) is 71.1 cm³/mol. The highest BCUT2D eigenvalue weighted by Gasteiger charge is 2.28. The second-order valence-electron chi connectivity index (χ2n) is 4.95. The molecule has 7 heteroatoms. The van der Waals surface area contributed by atoms with Crippen LogP contribution in [-0.4, -0.2) is 19.6 Å². The van der Waals surface area contributed by atoms with E-state index in [0.29, 0.717) is 11.6 Å². The van der Waals surface area contributed by atoms with Crippen LogP contribution in [-0.2, 0) is 18.0 Å². The topological polar surface area (TPSA) is 88.5 Å². The van der Waals surface area contributed by atoms with E-state index in [-0.39, 0.29) is 11.1 Å². The number of aromatic nitrogens is 2. The fourth-order valence-electron chi connectivity index (χ4n) is 2.03. The Bertz CT molecular complexity index is 623. The summed E-state index contributed by atoms with van der Waals surface area (Å²) in [5, 5.41) is 4.15. The minimum Gasteiger partial charge on any atom is -0.462 e. The van der Waals surface area contributed by atoms with Crippen LogP contribution in [0.25, 0.3) is 11.5 Å². The van der Waals surface area contributed by atoms with Crippen LogP contribution in [0.15, 0.2) is 22.9 Å². The molecule has 2 aromatic heterocycles. The van der Waals surface area contributed by atoms with E-state index < -0.39 is 7.60 Å². The van der Waals surface area contributed by atoms with Crippen molar-refractivity contribution in [3.05, 3.63) is 24.1 Å². The Morgan fingerprint density at radius 1 is 1.47 bits per heavy atom. The fraction of sp³-hybridized carbons (Fsp3) is 0.417. The molecule has 6 nitrogen and oxygen atoms in total. The Morgan fingerprint density at radius 3 is 2.74 bits per heavy atom. The first-order valence-electron chi connectivity index (χ1n) is 5.95. The zero-order valence-corrected chi connectivity index (χ0v) is 12.0. The van der Waals surface area contributed by atoms with E-state index in [9.17, 15) is 14.4 Å². The van der Waals surface area contributed by atoms with Crippen LogP contribution in [0.5, 0.6) is 0 Å². The molecule has 0 fully saturated rings. The molecule has 0 aliphatic carbocycles. The summed E-state index contributed by atoms with van der Waals surface area (Å²) in [4.78, 5) is 18.6. The van der Waals surface area contributed by atoms with Gasteiger partial charge >= 0.3 is 7.60 Å². The van der Waals surface area contributed by atoms with E-state index in [1.54, 1.807) is 11.7 Å². The first kappa shape index (κ1) is 14.1. The van der Waals surface area contributed by atoms with Crippen LogP contribution in [0.3, 0.4) is 0 Å². The Morgan fingerprint density at radius 2 is 2.16 bits per heavy atom. The number of furan rings is 1. The van der Waals surface area contributed by atoms with E-state index in [1.165, 1.54) is 12.3 Å². The minimum absolute atomic E-state index is 0.115. The standard InChI is InChI=1S/C12H17N2O4P/c1-8(2)6-9-7-14(3)13-11(9)12-10(4-5-18-12)19(15,16)17/h4-5,7-8H,6H2,1-3H3,(H2,15,16,17). The molecule has 0 bridgehead atoms. The van der Waals surface area contributed by atoms with E-state index >= 15 is 0 Å². The molecule has 2 aromatic rings. The summed E-state index contributed by atoms with van der Waals surface area (Å²) in [6.45, 7) is 4.14. The van der Waals surface area contributed by atoms with Gasteiger partial charge in [-0.2, -0.15) is 5.10 Å². The molecule has 0 amide bonds. The molecule has 0 unspecified atom stereocenters. The molecule has 0 aromatic carbocycles. The average molecular weight is 284 g/mol. The van der Waals surface area contributed by atoms with Crippen molar-refractivity contribution in [2.45, 2.75) is 20.3 Å². The van der Waals surface area contributed by atoms with Crippen LogP contribution >= 0.6 is 7.60 Å². The van der Waals surface area contributed by atoms with Gasteiger partial charge in [0.25, 0.3) is 0 Å². The Kier molecular flexibility index (Phi) is 3.67. The second-order valence-corrected chi connectivity index (χ2v) is 6.52. The van der Waals surface area contributed by atoms with Crippen molar-refractivity contribution in [1.29, 1.82) is 0 Å². The lowest BCUT2D eigenvalue weighted by atomic mass is 10.0. The maximum absolute atomic E-state index is 11.4. The second kappa shape index (κ2) is 4.96. The first-order valence-corrected chi connectivity index (χ1v) is 7.56. The third-order valence-electron chi connectivity index (χ3n) is 2.71. The number of hydrogen-bond donors (Lipinski definition) is 2. The van der Waals surface area contributed by atoms with E-state index in [4.69, 9.17) is 4.42 Å². The van der Waals surface area contributed by atoms with Crippen molar-refractivity contribution in [3.8, 4) is 11.5 Å². The largest absolute Gasteiger partial charge is 0.462 e. The molecule has 0 saturated carbocycles. The third-order valence-corrected chi connectivity index (χ3v) is 3.69. The highest BCUT2D eigenvalue weighted by molar-refractivity contribution is 7.60. The fourth-order valence-corrected chi connectivity index (χ4v) is 2.71. The molecular weight excluding hydrogens is 267 g/mol. The van der Waals surface area contributed by atoms with Gasteiger partial charge in [-0.25, -0.2) is 0 Å². The zero-order chi connectivity index (χ0) is 14.2. The number of rotatable bonds is 4. The summed E-state index contributed by atoms with van der Waals surface area (Å²) in [5.41, 5.74) is 1.42. The van der Waals surface area contributed by atoms with E-state index in [1.807, 2.05) is 6.20 Å². The van der Waals surface area contributed by atoms with Gasteiger partial charge in [0, 0.05) is 18.8 Å². The average Bonchev–Trinajstić information content (AvgIpc) is 2.82. The SMILES string of the molecule is CC(C)Cc1cn(C)nc1-c1occc1P(=O)(O)O. The van der Waals surface area contributed by atoms with E-state index in [0.717, 1.165) is 12.0 Å². The summed E-state index contributed by atoms with van der Waals surface area (Å²) < 4.78 is 18.3. The van der Waals surface area contributed by atoms with Crippen LogP contribution in [0.1, 0.15) is 19.4 Å². The van der Waals surface area contributed by atoms with Crippen LogP contribution in [0.4, 0.5) is 0 Å². The summed E-state index contributed by atoms with van der Waals surface area (Å²) in [5.74, 6) is 0.570. The minimum atomic E-state index is -4.36. The molecule has 19 heavy (non-hydrogen) atoms. The lowest BCUT2D eigenvalue weighted by molar-refractivity contribution is 0.387. The molecule has 104 valence electrons. The van der Waals surface area contributed by atoms with Gasteiger partial charge < -0.3 is 14.2 Å². The highest BCUT2D eigenvalue weighted by Crippen LogP contribution is 2.38. The van der Waals surface area contributed by atoms with Crippen molar-refractivity contribution in [3.63, 3.8) is 0 Å². The van der Waals surface area contributed by atoms with Crippen molar-refractivity contribution < 1.29 is 18.8 Å². The molecule has 0 saturated heterocycles. The van der Waals surface area contributed by atoms with Crippen LogP contribution in [0.2, 0.25) is 0 Å². The first-order chi connectivity index (χ1) is 8.79. The number of aryl methyl sites for hydroxylation is 1. The van der Waals surface area contributed by atoms with Crippen LogP contribution < -0.4 is 5.30 Å². The monoisotopic (exact) mass is 284 g/mol. The summed E-state index contributed by atoms with van der Waals surface area (Å²) in [6.07, 6.45) is 3.89. The predicted octanol–water partition coefficient (Wildman–Crippen LogP) is 1.68. The zero-order valence-electron chi connectivity index (χ0n) is 11.1. The van der Waals surface area contributed by atoms with Gasteiger partial charge in [0.15, 0.2) is 5.76 Å². The molecule has 2 N–H and O–H groups in total. The molecular formula is C12H17N2O4P. The number of hydrogen-bond acceptors (Lipinski definition) is 3. The molecule has 2 heterocycles. The Hall–Kier alpha value is -1.36. The van der Waals surface area contributed by atoms with Gasteiger partial charge in [-0.1, -0.05) is 13.8 Å². The van der Waals surface area contributed by atoms with Gasteiger partial charge in [0.05, 0.1) is 6.26 Å². The summed E-state index contributed by atoms with van der Waals surface area (Å²) in [6, 6.07) is 1.30. The highest BCUT2D eigenvalue weighted by atomic mass is 31.2. The van der Waals surface area contributed by atoms with E-state index in [2.05, 4.69) is 18.9 Å². The van der Waals surface area contributed by atoms with Crippen molar-refractivity contribution in [2.24, 2.45) is 13.0 Å². The molecule has 0 atom stereocenters. The van der Waals surface area contributed by atoms with Gasteiger partial charge in [-0.15, -0.1) is 0 Å².